The van der Waals surface area contributed by atoms with Gasteiger partial charge in [-0.3, -0.25) is 9.78 Å². The lowest BCUT2D eigenvalue weighted by Crippen LogP contribution is -2.13. The molecular weight excluding hydrogens is 244 g/mol. The van der Waals surface area contributed by atoms with Crippen LogP contribution in [0.25, 0.3) is 0 Å². The smallest absolute Gasteiger partial charge is 0.310 e. The second-order valence-corrected chi connectivity index (χ2v) is 3.38. The van der Waals surface area contributed by atoms with Gasteiger partial charge in [0, 0.05) is 18.3 Å². The first kappa shape index (κ1) is 14.0. The molecule has 2 N–H and O–H groups in total. The van der Waals surface area contributed by atoms with Gasteiger partial charge in [0.25, 0.3) is 6.43 Å². The molecule has 0 spiro atoms. The van der Waals surface area contributed by atoms with Crippen molar-refractivity contribution in [2.45, 2.75) is 19.4 Å². The van der Waals surface area contributed by atoms with Crippen LogP contribution in [0.15, 0.2) is 6.20 Å². The predicted octanol–water partition coefficient (Wildman–Crippen LogP) is 1.07. The number of methoxy groups -OCH3 is 1. The number of aromatic nitrogens is 1. The van der Waals surface area contributed by atoms with Crippen molar-refractivity contribution >= 4 is 5.97 Å². The average Bonchev–Trinajstić information content (AvgIpc) is 2.37. The molecule has 0 unspecified atom stereocenters. The molecule has 18 heavy (non-hydrogen) atoms. The molecule has 1 aromatic rings. The molecule has 96 valence electrons. The second kappa shape index (κ2) is 6.02. The van der Waals surface area contributed by atoms with Gasteiger partial charge in [-0.2, -0.15) is 5.26 Å². The number of carbonyl (C=O) groups is 1. The number of alkyl halides is 2. The van der Waals surface area contributed by atoms with Crippen LogP contribution in [-0.2, 0) is 22.5 Å². The number of hydrogen-bond donors (Lipinski definition) is 1. The van der Waals surface area contributed by atoms with E-state index in [1.54, 1.807) is 6.07 Å². The third-order valence-electron chi connectivity index (χ3n) is 2.39. The lowest BCUT2D eigenvalue weighted by atomic mass is 9.99. The van der Waals surface area contributed by atoms with Crippen molar-refractivity contribution in [3.05, 3.63) is 28.6 Å². The zero-order valence-corrected chi connectivity index (χ0v) is 9.61. The Labute approximate surface area is 102 Å². The number of carbonyl (C=O) groups excluding carboxylic acids is 1. The van der Waals surface area contributed by atoms with Gasteiger partial charge in [-0.25, -0.2) is 8.78 Å². The minimum atomic E-state index is -2.82. The van der Waals surface area contributed by atoms with Gasteiger partial charge in [0.2, 0.25) is 0 Å². The molecule has 5 nitrogen and oxygen atoms in total. The highest BCUT2D eigenvalue weighted by molar-refractivity contribution is 5.74. The zero-order valence-electron chi connectivity index (χ0n) is 9.61. The number of nitriles is 1. The van der Waals surface area contributed by atoms with E-state index in [1.807, 2.05) is 0 Å². The van der Waals surface area contributed by atoms with Gasteiger partial charge in [0.05, 0.1) is 24.8 Å². The van der Waals surface area contributed by atoms with Gasteiger partial charge in [0.15, 0.2) is 0 Å². The van der Waals surface area contributed by atoms with Crippen LogP contribution in [0.1, 0.15) is 28.8 Å². The summed E-state index contributed by atoms with van der Waals surface area (Å²) >= 11 is 0. The van der Waals surface area contributed by atoms with E-state index in [4.69, 9.17) is 11.0 Å². The number of rotatable bonds is 4. The van der Waals surface area contributed by atoms with Crippen LogP contribution in [0.4, 0.5) is 8.78 Å². The Hall–Kier alpha value is -2.07. The molecule has 0 aliphatic carbocycles. The Balaban J connectivity index is 3.39. The fourth-order valence-electron chi connectivity index (χ4n) is 1.49. The van der Waals surface area contributed by atoms with Crippen molar-refractivity contribution in [2.24, 2.45) is 5.73 Å². The minimum absolute atomic E-state index is 0.0689. The molecule has 0 aliphatic rings. The Bertz CT molecular complexity index is 498. The standard InChI is InChI=1S/C11H11F2N3O2/c1-18-10(17)2-6-7(3-14)9(4-15)16-5-8(6)11(12)13/h5,11H,2,4,15H2,1H3. The summed E-state index contributed by atoms with van der Waals surface area (Å²) in [6.07, 6.45) is -2.29. The van der Waals surface area contributed by atoms with Gasteiger partial charge in [-0.05, 0) is 5.56 Å². The largest absolute Gasteiger partial charge is 0.469 e. The van der Waals surface area contributed by atoms with Gasteiger partial charge in [-0.15, -0.1) is 0 Å². The van der Waals surface area contributed by atoms with E-state index in [1.165, 1.54) is 0 Å². The van der Waals surface area contributed by atoms with E-state index in [9.17, 15) is 13.6 Å². The van der Waals surface area contributed by atoms with Gasteiger partial charge < -0.3 is 10.5 Å². The quantitative estimate of drug-likeness (QED) is 0.813. The van der Waals surface area contributed by atoms with Crippen LogP contribution in [0.2, 0.25) is 0 Å². The summed E-state index contributed by atoms with van der Waals surface area (Å²) in [5.41, 5.74) is 4.94. The summed E-state index contributed by atoms with van der Waals surface area (Å²) in [6.45, 7) is -0.0689. The number of halogens is 2. The SMILES string of the molecule is COC(=O)Cc1c(C(F)F)cnc(CN)c1C#N. The van der Waals surface area contributed by atoms with Crippen molar-refractivity contribution in [3.8, 4) is 6.07 Å². The fraction of sp³-hybridized carbons (Fsp3) is 0.364. The van der Waals surface area contributed by atoms with Gasteiger partial charge >= 0.3 is 5.97 Å². The lowest BCUT2D eigenvalue weighted by molar-refractivity contribution is -0.139. The van der Waals surface area contributed by atoms with Gasteiger partial charge in [0.1, 0.15) is 6.07 Å². The summed E-state index contributed by atoms with van der Waals surface area (Å²) in [5, 5.41) is 8.98. The average molecular weight is 255 g/mol. The Morgan fingerprint density at radius 2 is 2.33 bits per heavy atom. The van der Waals surface area contributed by atoms with Crippen molar-refractivity contribution in [1.82, 2.24) is 4.98 Å². The van der Waals surface area contributed by atoms with Gasteiger partial charge in [-0.1, -0.05) is 0 Å². The van der Waals surface area contributed by atoms with Crippen LogP contribution in [0.5, 0.6) is 0 Å². The normalized spacial score (nSPS) is 10.2. The Morgan fingerprint density at radius 1 is 1.67 bits per heavy atom. The number of hydrogen-bond acceptors (Lipinski definition) is 5. The number of esters is 1. The van der Waals surface area contributed by atoms with Crippen LogP contribution < -0.4 is 5.73 Å². The number of nitrogens with zero attached hydrogens (tertiary/aromatic N) is 2. The molecule has 0 saturated carbocycles. The third-order valence-corrected chi connectivity index (χ3v) is 2.39. The minimum Gasteiger partial charge on any atom is -0.469 e. The van der Waals surface area contributed by atoms with Crippen molar-refractivity contribution < 1.29 is 18.3 Å². The van der Waals surface area contributed by atoms with E-state index in [0.29, 0.717) is 0 Å². The van der Waals surface area contributed by atoms with Crippen LogP contribution >= 0.6 is 0 Å². The zero-order chi connectivity index (χ0) is 13.7. The maximum absolute atomic E-state index is 12.8. The summed E-state index contributed by atoms with van der Waals surface area (Å²) in [4.78, 5) is 14.9. The van der Waals surface area contributed by atoms with Crippen LogP contribution in [0, 0.1) is 11.3 Å². The lowest BCUT2D eigenvalue weighted by Gasteiger charge is -2.11. The van der Waals surface area contributed by atoms with E-state index in [-0.39, 0.29) is 23.4 Å². The molecule has 1 heterocycles. The van der Waals surface area contributed by atoms with E-state index >= 15 is 0 Å². The van der Waals surface area contributed by atoms with Crippen molar-refractivity contribution in [1.29, 1.82) is 5.26 Å². The molecule has 0 radical (unpaired) electrons. The number of pyridine rings is 1. The second-order valence-electron chi connectivity index (χ2n) is 3.38. The number of ether oxygens (including phenoxy) is 1. The molecule has 0 saturated heterocycles. The molecule has 0 atom stereocenters. The van der Waals surface area contributed by atoms with Crippen LogP contribution in [0.3, 0.4) is 0 Å². The summed E-state index contributed by atoms with van der Waals surface area (Å²) in [7, 11) is 1.14. The fourth-order valence-corrected chi connectivity index (χ4v) is 1.49. The predicted molar refractivity (Wildman–Crippen MR) is 57.5 cm³/mol. The first-order valence-electron chi connectivity index (χ1n) is 5.00. The highest BCUT2D eigenvalue weighted by Crippen LogP contribution is 2.26. The molecule has 0 amide bonds. The molecule has 1 rings (SSSR count). The Morgan fingerprint density at radius 3 is 2.78 bits per heavy atom. The molecule has 0 aromatic carbocycles. The maximum Gasteiger partial charge on any atom is 0.310 e. The van der Waals surface area contributed by atoms with Crippen molar-refractivity contribution in [2.75, 3.05) is 7.11 Å². The molecule has 1 aromatic heterocycles. The highest BCUT2D eigenvalue weighted by atomic mass is 19.3. The van der Waals surface area contributed by atoms with Crippen molar-refractivity contribution in [3.63, 3.8) is 0 Å². The monoisotopic (exact) mass is 255 g/mol. The highest BCUT2D eigenvalue weighted by Gasteiger charge is 2.22. The maximum atomic E-state index is 12.8. The molecule has 0 bridgehead atoms. The summed E-state index contributed by atoms with van der Waals surface area (Å²) < 4.78 is 30.0. The third kappa shape index (κ3) is 2.78. The molecular formula is C11H11F2N3O2. The molecule has 7 heteroatoms. The number of nitrogens with two attached hydrogens (primary N) is 1. The molecule has 0 fully saturated rings. The Kier molecular flexibility index (Phi) is 4.68. The topological polar surface area (TPSA) is 89.0 Å². The summed E-state index contributed by atoms with van der Waals surface area (Å²) in [5.74, 6) is -0.706. The molecule has 0 aliphatic heterocycles. The van der Waals surface area contributed by atoms with E-state index in [2.05, 4.69) is 9.72 Å². The first-order valence-corrected chi connectivity index (χ1v) is 5.00. The van der Waals surface area contributed by atoms with E-state index < -0.39 is 24.4 Å². The first-order chi connectivity index (χ1) is 8.54. The van der Waals surface area contributed by atoms with Crippen LogP contribution in [-0.4, -0.2) is 18.1 Å². The summed E-state index contributed by atoms with van der Waals surface area (Å²) in [6, 6.07) is 1.76. The van der Waals surface area contributed by atoms with E-state index in [0.717, 1.165) is 13.3 Å².